The molecule has 0 fully saturated rings. The lowest BCUT2D eigenvalue weighted by Crippen LogP contribution is -2.38. The van der Waals surface area contributed by atoms with Crippen LogP contribution in [0.15, 0.2) is 47.7 Å². The predicted octanol–water partition coefficient (Wildman–Crippen LogP) is 5.79. The van der Waals surface area contributed by atoms with Crippen molar-refractivity contribution in [3.8, 4) is 11.5 Å². The fraction of sp³-hybridized carbons (Fsp3) is 0.360. The van der Waals surface area contributed by atoms with Gasteiger partial charge in [-0.25, -0.2) is 0 Å². The molecule has 0 saturated heterocycles. The minimum Gasteiger partial charge on any atom is -0.493 e. The van der Waals surface area contributed by atoms with Gasteiger partial charge in [-0.3, -0.25) is 9.59 Å². The summed E-state index contributed by atoms with van der Waals surface area (Å²) < 4.78 is 11.3. The lowest BCUT2D eigenvalue weighted by Gasteiger charge is -2.35. The molecule has 168 valence electrons. The quantitative estimate of drug-likeness (QED) is 0.596. The molecule has 0 spiro atoms. The smallest absolute Gasteiger partial charge is 0.225 e. The van der Waals surface area contributed by atoms with Gasteiger partial charge in [0, 0.05) is 30.0 Å². The number of nitrogens with one attached hydrogen (secondary N) is 1. The van der Waals surface area contributed by atoms with Crippen molar-refractivity contribution >= 4 is 34.9 Å². The minimum absolute atomic E-state index is 0.0127. The van der Waals surface area contributed by atoms with E-state index in [0.717, 1.165) is 5.56 Å². The first-order chi connectivity index (χ1) is 15.3. The van der Waals surface area contributed by atoms with Gasteiger partial charge in [-0.1, -0.05) is 41.4 Å². The van der Waals surface area contributed by atoms with E-state index in [-0.39, 0.29) is 30.1 Å². The van der Waals surface area contributed by atoms with Gasteiger partial charge in [0.2, 0.25) is 5.91 Å². The second-order valence-corrected chi connectivity index (χ2v) is 9.23. The third-order valence-corrected chi connectivity index (χ3v) is 6.75. The molecule has 0 radical (unpaired) electrons. The Labute approximate surface area is 197 Å². The molecule has 4 rings (SSSR count). The van der Waals surface area contributed by atoms with Crippen LogP contribution in [-0.2, 0) is 9.59 Å². The Hall–Kier alpha value is -2.50. The number of carbonyl (C=O) groups is 2. The van der Waals surface area contributed by atoms with Crippen LogP contribution in [0.2, 0.25) is 10.0 Å². The molecule has 2 atom stereocenters. The summed E-state index contributed by atoms with van der Waals surface area (Å²) in [5.41, 5.74) is 2.99. The summed E-state index contributed by atoms with van der Waals surface area (Å²) in [6.07, 6.45) is 1.09. The van der Waals surface area contributed by atoms with Crippen LogP contribution in [0.1, 0.15) is 56.1 Å². The lowest BCUT2D eigenvalue weighted by atomic mass is 9.73. The van der Waals surface area contributed by atoms with E-state index in [1.165, 1.54) is 0 Å². The van der Waals surface area contributed by atoms with Crippen LogP contribution in [0.25, 0.3) is 0 Å². The Morgan fingerprint density at radius 2 is 1.81 bits per heavy atom. The molecular weight excluding hydrogens is 449 g/mol. The standard InChI is InChI=1S/C25H25Cl2NO4/c1-13(2)32-21-8-7-14(11-22(21)31-3)15-9-19-24(20(29)10-15)17(12-23(30)28-19)16-5-4-6-18(26)25(16)27/h4-8,11,13,15,17H,9-10,12H2,1-3H3,(H,28,30). The molecule has 1 heterocycles. The number of rotatable bonds is 5. The van der Waals surface area contributed by atoms with E-state index in [1.54, 1.807) is 19.2 Å². The Morgan fingerprint density at radius 3 is 2.53 bits per heavy atom. The van der Waals surface area contributed by atoms with Crippen LogP contribution in [0.3, 0.4) is 0 Å². The minimum atomic E-state index is -0.394. The fourth-order valence-corrected chi connectivity index (χ4v) is 4.98. The molecular formula is C25H25Cl2NO4. The average Bonchev–Trinajstić information content (AvgIpc) is 2.74. The number of allylic oxidation sites excluding steroid dienone is 2. The van der Waals surface area contributed by atoms with Gasteiger partial charge in [0.05, 0.1) is 23.3 Å². The molecule has 32 heavy (non-hydrogen) atoms. The average molecular weight is 474 g/mol. The van der Waals surface area contributed by atoms with Gasteiger partial charge in [-0.2, -0.15) is 0 Å². The number of halogens is 2. The number of hydrogen-bond acceptors (Lipinski definition) is 4. The first-order valence-corrected chi connectivity index (χ1v) is 11.4. The molecule has 1 amide bonds. The van der Waals surface area contributed by atoms with E-state index >= 15 is 0 Å². The van der Waals surface area contributed by atoms with Gasteiger partial charge in [-0.05, 0) is 55.5 Å². The van der Waals surface area contributed by atoms with Crippen molar-refractivity contribution in [2.45, 2.75) is 51.0 Å². The van der Waals surface area contributed by atoms with Crippen molar-refractivity contribution in [3.05, 3.63) is 68.8 Å². The summed E-state index contributed by atoms with van der Waals surface area (Å²) in [6.45, 7) is 3.91. The number of carbonyl (C=O) groups excluding carboxylic acids is 2. The highest BCUT2D eigenvalue weighted by atomic mass is 35.5. The highest BCUT2D eigenvalue weighted by molar-refractivity contribution is 6.42. The van der Waals surface area contributed by atoms with Gasteiger partial charge in [0.25, 0.3) is 0 Å². The first kappa shape index (κ1) is 22.7. The van der Waals surface area contributed by atoms with Crippen LogP contribution < -0.4 is 14.8 Å². The van der Waals surface area contributed by atoms with E-state index in [0.29, 0.717) is 51.2 Å². The van der Waals surface area contributed by atoms with Crippen molar-refractivity contribution in [1.82, 2.24) is 5.32 Å². The van der Waals surface area contributed by atoms with E-state index in [2.05, 4.69) is 5.32 Å². The molecule has 2 aromatic carbocycles. The molecule has 2 unspecified atom stereocenters. The third-order valence-electron chi connectivity index (χ3n) is 5.91. The van der Waals surface area contributed by atoms with Crippen LogP contribution in [0.5, 0.6) is 11.5 Å². The van der Waals surface area contributed by atoms with Crippen molar-refractivity contribution < 1.29 is 19.1 Å². The molecule has 1 N–H and O–H groups in total. The van der Waals surface area contributed by atoms with Crippen molar-refractivity contribution in [2.24, 2.45) is 0 Å². The fourth-order valence-electron chi connectivity index (χ4n) is 4.54. The van der Waals surface area contributed by atoms with E-state index in [1.807, 2.05) is 38.1 Å². The van der Waals surface area contributed by atoms with Gasteiger partial charge < -0.3 is 14.8 Å². The highest BCUT2D eigenvalue weighted by Crippen LogP contribution is 2.45. The molecule has 0 saturated carbocycles. The number of Topliss-reactive ketones (excluding diaryl/α,β-unsaturated/α-hetero) is 1. The Kier molecular flexibility index (Phi) is 6.50. The van der Waals surface area contributed by atoms with Gasteiger partial charge >= 0.3 is 0 Å². The van der Waals surface area contributed by atoms with Crippen LogP contribution in [0, 0.1) is 0 Å². The summed E-state index contributed by atoms with van der Waals surface area (Å²) in [5, 5.41) is 3.74. The van der Waals surface area contributed by atoms with Gasteiger partial charge in [0.1, 0.15) is 0 Å². The summed E-state index contributed by atoms with van der Waals surface area (Å²) in [7, 11) is 1.60. The van der Waals surface area contributed by atoms with E-state index in [4.69, 9.17) is 32.7 Å². The second kappa shape index (κ2) is 9.16. The summed E-state index contributed by atoms with van der Waals surface area (Å²) in [6, 6.07) is 11.1. The van der Waals surface area contributed by atoms with Gasteiger partial charge in [0.15, 0.2) is 17.3 Å². The molecule has 2 aliphatic rings. The Balaban J connectivity index is 1.69. The topological polar surface area (TPSA) is 64.6 Å². The van der Waals surface area contributed by atoms with Crippen molar-refractivity contribution in [2.75, 3.05) is 7.11 Å². The number of benzene rings is 2. The molecule has 5 nitrogen and oxygen atoms in total. The zero-order valence-corrected chi connectivity index (χ0v) is 19.7. The molecule has 1 aliphatic heterocycles. The number of ketones is 1. The SMILES string of the molecule is COc1cc(C2CC(=O)C3=C(C2)NC(=O)CC3c2cccc(Cl)c2Cl)ccc1OC(C)C. The van der Waals surface area contributed by atoms with Crippen LogP contribution >= 0.6 is 23.2 Å². The summed E-state index contributed by atoms with van der Waals surface area (Å²) in [4.78, 5) is 25.9. The largest absolute Gasteiger partial charge is 0.493 e. The predicted molar refractivity (Wildman–Crippen MR) is 125 cm³/mol. The highest BCUT2D eigenvalue weighted by Gasteiger charge is 2.39. The monoisotopic (exact) mass is 473 g/mol. The normalized spacial score (nSPS) is 20.8. The van der Waals surface area contributed by atoms with Crippen LogP contribution in [-0.4, -0.2) is 24.9 Å². The maximum Gasteiger partial charge on any atom is 0.225 e. The van der Waals surface area contributed by atoms with Gasteiger partial charge in [-0.15, -0.1) is 0 Å². The molecule has 0 bridgehead atoms. The number of hydrogen-bond donors (Lipinski definition) is 1. The Bertz CT molecular complexity index is 1110. The Morgan fingerprint density at radius 1 is 1.03 bits per heavy atom. The number of amides is 1. The second-order valence-electron chi connectivity index (χ2n) is 8.45. The lowest BCUT2D eigenvalue weighted by molar-refractivity contribution is -0.122. The maximum absolute atomic E-state index is 13.3. The number of methoxy groups -OCH3 is 1. The molecule has 7 heteroatoms. The maximum atomic E-state index is 13.3. The zero-order chi connectivity index (χ0) is 23.0. The van der Waals surface area contributed by atoms with Crippen LogP contribution in [0.4, 0.5) is 0 Å². The molecule has 1 aliphatic carbocycles. The molecule has 0 aromatic heterocycles. The van der Waals surface area contributed by atoms with E-state index < -0.39 is 5.92 Å². The van der Waals surface area contributed by atoms with Crippen molar-refractivity contribution in [3.63, 3.8) is 0 Å². The first-order valence-electron chi connectivity index (χ1n) is 10.6. The summed E-state index contributed by atoms with van der Waals surface area (Å²) >= 11 is 12.6. The molecule has 2 aromatic rings. The summed E-state index contributed by atoms with van der Waals surface area (Å²) in [5.74, 6) is 0.705. The van der Waals surface area contributed by atoms with Crippen molar-refractivity contribution in [1.29, 1.82) is 0 Å². The third kappa shape index (κ3) is 4.37. The van der Waals surface area contributed by atoms with E-state index in [9.17, 15) is 9.59 Å². The zero-order valence-electron chi connectivity index (χ0n) is 18.2. The number of ether oxygens (including phenoxy) is 2.